The molecule has 26 heavy (non-hydrogen) atoms. The molecule has 1 N–H and O–H groups in total. The number of carbonyl (C=O) groups excluding carboxylic acids is 1. The molecule has 2 aromatic heterocycles. The molecule has 0 aromatic carbocycles. The number of nitrogens with one attached hydrogen (secondary N) is 1. The second-order valence-corrected chi connectivity index (χ2v) is 6.54. The van der Waals surface area contributed by atoms with Crippen LogP contribution in [0.2, 0.25) is 0 Å². The summed E-state index contributed by atoms with van der Waals surface area (Å²) in [4.78, 5) is 18.5. The van der Waals surface area contributed by atoms with Crippen molar-refractivity contribution in [2.24, 2.45) is 0 Å². The SMILES string of the molecule is O=C(c1cn(-c2ccc(C(F)(F)F)cn2)nn1)N1C2CCNCC1CC2. The van der Waals surface area contributed by atoms with E-state index in [1.165, 1.54) is 16.9 Å². The summed E-state index contributed by atoms with van der Waals surface area (Å²) in [5.41, 5.74) is -0.670. The van der Waals surface area contributed by atoms with Gasteiger partial charge in [0.2, 0.25) is 0 Å². The van der Waals surface area contributed by atoms with Crippen molar-refractivity contribution in [2.45, 2.75) is 37.5 Å². The van der Waals surface area contributed by atoms with Crippen molar-refractivity contribution in [3.05, 3.63) is 35.8 Å². The van der Waals surface area contributed by atoms with E-state index in [4.69, 9.17) is 0 Å². The largest absolute Gasteiger partial charge is 0.417 e. The lowest BCUT2D eigenvalue weighted by atomic mass is 10.1. The minimum atomic E-state index is -4.45. The highest BCUT2D eigenvalue weighted by atomic mass is 19.4. The molecular formula is C16H17F3N6O. The Balaban J connectivity index is 1.55. The van der Waals surface area contributed by atoms with E-state index in [-0.39, 0.29) is 29.5 Å². The molecule has 0 aliphatic carbocycles. The zero-order valence-electron chi connectivity index (χ0n) is 13.8. The van der Waals surface area contributed by atoms with Crippen LogP contribution in [0.15, 0.2) is 24.5 Å². The average Bonchev–Trinajstić information content (AvgIpc) is 3.17. The molecule has 10 heteroatoms. The highest BCUT2D eigenvalue weighted by Gasteiger charge is 2.39. The van der Waals surface area contributed by atoms with Crippen LogP contribution in [0.5, 0.6) is 0 Å². The van der Waals surface area contributed by atoms with Gasteiger partial charge in [0, 0.05) is 24.8 Å². The number of carbonyl (C=O) groups is 1. The third kappa shape index (κ3) is 3.05. The monoisotopic (exact) mass is 366 g/mol. The molecule has 0 spiro atoms. The molecule has 2 bridgehead atoms. The summed E-state index contributed by atoms with van der Waals surface area (Å²) in [7, 11) is 0. The second-order valence-electron chi connectivity index (χ2n) is 6.54. The second kappa shape index (κ2) is 6.35. The van der Waals surface area contributed by atoms with Gasteiger partial charge in [0.1, 0.15) is 0 Å². The van der Waals surface area contributed by atoms with E-state index in [1.807, 2.05) is 4.90 Å². The topological polar surface area (TPSA) is 75.9 Å². The lowest BCUT2D eigenvalue weighted by Crippen LogP contribution is -2.42. The summed E-state index contributed by atoms with van der Waals surface area (Å²) in [6, 6.07) is 2.46. The van der Waals surface area contributed by atoms with E-state index < -0.39 is 11.7 Å². The fourth-order valence-electron chi connectivity index (χ4n) is 3.61. The Kier molecular flexibility index (Phi) is 4.14. The number of amides is 1. The Hall–Kier alpha value is -2.49. The Morgan fingerprint density at radius 3 is 2.73 bits per heavy atom. The predicted octanol–water partition coefficient (Wildman–Crippen LogP) is 1.65. The number of fused-ring (bicyclic) bond motifs is 2. The number of hydrogen-bond donors (Lipinski definition) is 1. The summed E-state index contributed by atoms with van der Waals surface area (Å²) >= 11 is 0. The first-order valence-corrected chi connectivity index (χ1v) is 8.43. The van der Waals surface area contributed by atoms with Gasteiger partial charge >= 0.3 is 6.18 Å². The number of nitrogens with zero attached hydrogens (tertiary/aromatic N) is 5. The molecule has 2 saturated heterocycles. The van der Waals surface area contributed by atoms with Crippen LogP contribution < -0.4 is 5.32 Å². The first kappa shape index (κ1) is 17.0. The van der Waals surface area contributed by atoms with E-state index in [1.54, 1.807) is 0 Å². The molecule has 4 rings (SSSR count). The molecule has 2 aliphatic rings. The van der Waals surface area contributed by atoms with Crippen LogP contribution >= 0.6 is 0 Å². The third-order valence-electron chi connectivity index (χ3n) is 4.91. The van der Waals surface area contributed by atoms with Crippen LogP contribution in [0.25, 0.3) is 5.82 Å². The minimum Gasteiger partial charge on any atom is -0.330 e. The summed E-state index contributed by atoms with van der Waals surface area (Å²) < 4.78 is 39.1. The smallest absolute Gasteiger partial charge is 0.330 e. The maximum Gasteiger partial charge on any atom is 0.417 e. The van der Waals surface area contributed by atoms with E-state index in [9.17, 15) is 18.0 Å². The van der Waals surface area contributed by atoms with Crippen LogP contribution in [0.1, 0.15) is 35.3 Å². The van der Waals surface area contributed by atoms with Crippen molar-refractivity contribution in [1.82, 2.24) is 30.2 Å². The molecule has 1 amide bonds. The van der Waals surface area contributed by atoms with Crippen LogP contribution in [-0.4, -0.2) is 56.0 Å². The lowest BCUT2D eigenvalue weighted by molar-refractivity contribution is -0.137. The van der Waals surface area contributed by atoms with Crippen molar-refractivity contribution >= 4 is 5.91 Å². The van der Waals surface area contributed by atoms with Gasteiger partial charge in [-0.2, -0.15) is 13.2 Å². The molecule has 7 nitrogen and oxygen atoms in total. The Bertz CT molecular complexity index is 789. The van der Waals surface area contributed by atoms with Crippen LogP contribution in [0, 0.1) is 0 Å². The number of alkyl halides is 3. The molecule has 2 fully saturated rings. The highest BCUT2D eigenvalue weighted by Crippen LogP contribution is 2.30. The minimum absolute atomic E-state index is 0.143. The Morgan fingerprint density at radius 2 is 2.00 bits per heavy atom. The maximum absolute atomic E-state index is 12.9. The molecule has 2 aromatic rings. The molecule has 2 aliphatic heterocycles. The van der Waals surface area contributed by atoms with E-state index in [2.05, 4.69) is 20.6 Å². The van der Waals surface area contributed by atoms with E-state index in [0.29, 0.717) is 0 Å². The number of pyridine rings is 1. The zero-order valence-corrected chi connectivity index (χ0v) is 13.8. The van der Waals surface area contributed by atoms with Crippen LogP contribution in [0.4, 0.5) is 13.2 Å². The lowest BCUT2D eigenvalue weighted by Gasteiger charge is -2.26. The Morgan fingerprint density at radius 1 is 1.19 bits per heavy atom. The molecular weight excluding hydrogens is 349 g/mol. The molecule has 2 atom stereocenters. The summed E-state index contributed by atoms with van der Waals surface area (Å²) in [6.07, 6.45) is 0.533. The quantitative estimate of drug-likeness (QED) is 0.875. The molecule has 2 unspecified atom stereocenters. The Labute approximate surface area is 147 Å². The predicted molar refractivity (Wildman–Crippen MR) is 84.6 cm³/mol. The van der Waals surface area contributed by atoms with Crippen molar-refractivity contribution in [2.75, 3.05) is 13.1 Å². The third-order valence-corrected chi connectivity index (χ3v) is 4.91. The summed E-state index contributed by atoms with van der Waals surface area (Å²) in [5, 5.41) is 11.1. The van der Waals surface area contributed by atoms with Gasteiger partial charge in [-0.25, -0.2) is 9.67 Å². The number of aromatic nitrogens is 4. The van der Waals surface area contributed by atoms with Crippen molar-refractivity contribution in [3.63, 3.8) is 0 Å². The molecule has 4 heterocycles. The van der Waals surface area contributed by atoms with Gasteiger partial charge in [0.05, 0.1) is 11.8 Å². The van der Waals surface area contributed by atoms with Gasteiger partial charge in [-0.05, 0) is 37.9 Å². The van der Waals surface area contributed by atoms with Crippen LogP contribution in [0.3, 0.4) is 0 Å². The van der Waals surface area contributed by atoms with Crippen molar-refractivity contribution < 1.29 is 18.0 Å². The van der Waals surface area contributed by atoms with Gasteiger partial charge in [-0.1, -0.05) is 5.21 Å². The average molecular weight is 366 g/mol. The molecule has 0 saturated carbocycles. The van der Waals surface area contributed by atoms with Crippen molar-refractivity contribution in [3.8, 4) is 5.82 Å². The van der Waals surface area contributed by atoms with Gasteiger partial charge in [-0.15, -0.1) is 5.10 Å². The molecule has 138 valence electrons. The first-order chi connectivity index (χ1) is 12.4. The number of halogens is 3. The number of rotatable bonds is 2. The van der Waals surface area contributed by atoms with Crippen LogP contribution in [-0.2, 0) is 6.18 Å². The normalized spacial score (nSPS) is 23.1. The molecule has 0 radical (unpaired) electrons. The first-order valence-electron chi connectivity index (χ1n) is 8.43. The van der Waals surface area contributed by atoms with Gasteiger partial charge in [0.15, 0.2) is 11.5 Å². The van der Waals surface area contributed by atoms with Gasteiger partial charge < -0.3 is 10.2 Å². The summed E-state index contributed by atoms with van der Waals surface area (Å²) in [6.45, 7) is 1.64. The van der Waals surface area contributed by atoms with Crippen molar-refractivity contribution in [1.29, 1.82) is 0 Å². The highest BCUT2D eigenvalue weighted by molar-refractivity contribution is 5.92. The number of hydrogen-bond acceptors (Lipinski definition) is 5. The van der Waals surface area contributed by atoms with E-state index in [0.717, 1.165) is 44.6 Å². The fourth-order valence-corrected chi connectivity index (χ4v) is 3.61. The fraction of sp³-hybridized carbons (Fsp3) is 0.500. The standard InChI is InChI=1S/C16H17F3N6O/c17-16(18,19)10-1-4-14(21-7-10)24-9-13(22-23-24)15(26)25-11-2-3-12(25)8-20-6-5-11/h1,4,7,9,11-12,20H,2-3,5-6,8H2. The maximum atomic E-state index is 12.9. The summed E-state index contributed by atoms with van der Waals surface area (Å²) in [5.74, 6) is -0.0237. The van der Waals surface area contributed by atoms with Gasteiger partial charge in [0.25, 0.3) is 5.91 Å². The van der Waals surface area contributed by atoms with E-state index >= 15 is 0 Å². The zero-order chi connectivity index (χ0) is 18.3. The van der Waals surface area contributed by atoms with Gasteiger partial charge in [-0.3, -0.25) is 4.79 Å².